The van der Waals surface area contributed by atoms with Crippen molar-refractivity contribution in [3.05, 3.63) is 0 Å². The summed E-state index contributed by atoms with van der Waals surface area (Å²) >= 11 is 0. The van der Waals surface area contributed by atoms with Crippen molar-refractivity contribution in [1.29, 1.82) is 0 Å². The molecule has 17 heavy (non-hydrogen) atoms. The second kappa shape index (κ2) is 4.27. The Hall–Kier alpha value is -1.14. The van der Waals surface area contributed by atoms with Crippen LogP contribution in [0.25, 0.3) is 0 Å². The number of urea groups is 1. The van der Waals surface area contributed by atoms with Crippen molar-refractivity contribution in [2.24, 2.45) is 5.92 Å². The summed E-state index contributed by atoms with van der Waals surface area (Å²) in [4.78, 5) is 26.8. The number of amides is 3. The van der Waals surface area contributed by atoms with Crippen LogP contribution in [0.3, 0.4) is 0 Å². The fourth-order valence-corrected chi connectivity index (χ4v) is 2.24. The summed E-state index contributed by atoms with van der Waals surface area (Å²) in [5, 5.41) is 11.5. The lowest BCUT2D eigenvalue weighted by Crippen LogP contribution is -2.51. The molecule has 0 radical (unpaired) electrons. The molecular weight excluding hydrogens is 222 g/mol. The topological polar surface area (TPSA) is 72.9 Å². The number of carbonyl (C=O) groups excluding carboxylic acids is 2. The second-order valence-corrected chi connectivity index (χ2v) is 5.32. The Labute approximate surface area is 101 Å². The maximum Gasteiger partial charge on any atom is 0.325 e. The quantitative estimate of drug-likeness (QED) is 0.635. The fraction of sp³-hybridized carbons (Fsp3) is 0.818. The van der Waals surface area contributed by atoms with Crippen LogP contribution in [-0.4, -0.2) is 65.2 Å². The standard InChI is InChI=1S/C11H19N3O3/c1-11(2)9(16)14(10(17)12-11)4-3-13-5-8(6-13)7-15/h8,15H,3-7H2,1-2H3,(H,12,17). The van der Waals surface area contributed by atoms with Gasteiger partial charge in [-0.2, -0.15) is 0 Å². The first-order valence-corrected chi connectivity index (χ1v) is 5.91. The highest BCUT2D eigenvalue weighted by molar-refractivity contribution is 6.06. The molecule has 0 saturated carbocycles. The number of carbonyl (C=O) groups is 2. The van der Waals surface area contributed by atoms with Gasteiger partial charge in [0.05, 0.1) is 0 Å². The van der Waals surface area contributed by atoms with Gasteiger partial charge in [-0.3, -0.25) is 9.69 Å². The molecule has 2 fully saturated rings. The molecule has 2 heterocycles. The first-order chi connectivity index (χ1) is 7.94. The number of rotatable bonds is 4. The summed E-state index contributed by atoms with van der Waals surface area (Å²) in [6, 6.07) is -0.306. The van der Waals surface area contributed by atoms with E-state index in [9.17, 15) is 9.59 Å². The maximum atomic E-state index is 11.9. The van der Waals surface area contributed by atoms with Gasteiger partial charge < -0.3 is 15.3 Å². The second-order valence-electron chi connectivity index (χ2n) is 5.32. The van der Waals surface area contributed by atoms with Gasteiger partial charge in [-0.1, -0.05) is 0 Å². The van der Waals surface area contributed by atoms with Crippen molar-refractivity contribution in [3.63, 3.8) is 0 Å². The minimum atomic E-state index is -0.778. The monoisotopic (exact) mass is 241 g/mol. The molecule has 0 spiro atoms. The molecule has 2 rings (SSSR count). The third-order valence-corrected chi connectivity index (χ3v) is 3.38. The van der Waals surface area contributed by atoms with Gasteiger partial charge >= 0.3 is 6.03 Å². The normalized spacial score (nSPS) is 25.0. The lowest BCUT2D eigenvalue weighted by molar-refractivity contribution is -0.130. The molecule has 6 heteroatoms. The molecule has 0 aromatic carbocycles. The molecule has 0 aliphatic carbocycles. The third kappa shape index (κ3) is 2.28. The maximum absolute atomic E-state index is 11.9. The van der Waals surface area contributed by atoms with E-state index in [-0.39, 0.29) is 18.5 Å². The summed E-state index contributed by atoms with van der Waals surface area (Å²) in [5.41, 5.74) is -0.778. The van der Waals surface area contributed by atoms with Gasteiger partial charge in [-0.25, -0.2) is 4.79 Å². The largest absolute Gasteiger partial charge is 0.396 e. The van der Waals surface area contributed by atoms with Crippen molar-refractivity contribution in [1.82, 2.24) is 15.1 Å². The zero-order valence-electron chi connectivity index (χ0n) is 10.3. The van der Waals surface area contributed by atoms with E-state index in [2.05, 4.69) is 10.2 Å². The smallest absolute Gasteiger partial charge is 0.325 e. The molecule has 0 unspecified atom stereocenters. The van der Waals surface area contributed by atoms with E-state index in [0.29, 0.717) is 19.0 Å². The van der Waals surface area contributed by atoms with Crippen molar-refractivity contribution < 1.29 is 14.7 Å². The summed E-state index contributed by atoms with van der Waals surface area (Å²) in [7, 11) is 0. The van der Waals surface area contributed by atoms with Crippen LogP contribution in [0.1, 0.15) is 13.8 Å². The highest BCUT2D eigenvalue weighted by Gasteiger charge is 2.44. The van der Waals surface area contributed by atoms with Crippen LogP contribution in [-0.2, 0) is 4.79 Å². The van der Waals surface area contributed by atoms with Gasteiger partial charge in [-0.05, 0) is 13.8 Å². The highest BCUT2D eigenvalue weighted by Crippen LogP contribution is 2.18. The molecule has 0 bridgehead atoms. The first-order valence-electron chi connectivity index (χ1n) is 5.91. The van der Waals surface area contributed by atoms with Gasteiger partial charge in [0.1, 0.15) is 5.54 Å². The van der Waals surface area contributed by atoms with Crippen LogP contribution in [0.5, 0.6) is 0 Å². The summed E-state index contributed by atoms with van der Waals surface area (Å²) in [6.07, 6.45) is 0. The van der Waals surface area contributed by atoms with Gasteiger partial charge in [0.25, 0.3) is 5.91 Å². The highest BCUT2D eigenvalue weighted by atomic mass is 16.3. The fourth-order valence-electron chi connectivity index (χ4n) is 2.24. The van der Waals surface area contributed by atoms with Crippen LogP contribution in [0, 0.1) is 5.92 Å². The Morgan fingerprint density at radius 3 is 2.47 bits per heavy atom. The van der Waals surface area contributed by atoms with Crippen molar-refractivity contribution in [2.45, 2.75) is 19.4 Å². The molecule has 6 nitrogen and oxygen atoms in total. The Morgan fingerprint density at radius 1 is 1.35 bits per heavy atom. The number of nitrogens with zero attached hydrogens (tertiary/aromatic N) is 2. The SMILES string of the molecule is CC1(C)NC(=O)N(CCN2CC(CO)C2)C1=O. The lowest BCUT2D eigenvalue weighted by atomic mass is 10.0. The number of likely N-dealkylation sites (tertiary alicyclic amines) is 1. The lowest BCUT2D eigenvalue weighted by Gasteiger charge is -2.38. The molecular formula is C11H19N3O3. The third-order valence-electron chi connectivity index (χ3n) is 3.38. The molecule has 96 valence electrons. The number of aliphatic hydroxyl groups is 1. The summed E-state index contributed by atoms with van der Waals surface area (Å²) in [6.45, 7) is 6.44. The van der Waals surface area contributed by atoms with E-state index in [0.717, 1.165) is 13.1 Å². The van der Waals surface area contributed by atoms with Gasteiger partial charge in [0.15, 0.2) is 0 Å². The molecule has 2 N–H and O–H groups in total. The van der Waals surface area contributed by atoms with E-state index in [1.807, 2.05) is 0 Å². The van der Waals surface area contributed by atoms with E-state index in [4.69, 9.17) is 5.11 Å². The Bertz CT molecular complexity index is 337. The molecule has 3 amide bonds. The zero-order valence-corrected chi connectivity index (χ0v) is 10.3. The van der Waals surface area contributed by atoms with Gasteiger partial charge in [-0.15, -0.1) is 0 Å². The van der Waals surface area contributed by atoms with Crippen LogP contribution in [0.2, 0.25) is 0 Å². The minimum absolute atomic E-state index is 0.165. The summed E-state index contributed by atoms with van der Waals surface area (Å²) < 4.78 is 0. The van der Waals surface area contributed by atoms with E-state index in [1.165, 1.54) is 4.90 Å². The van der Waals surface area contributed by atoms with Crippen LogP contribution < -0.4 is 5.32 Å². The first kappa shape index (κ1) is 12.3. The molecule has 0 aromatic rings. The molecule has 0 aromatic heterocycles. The Balaban J connectivity index is 1.80. The number of nitrogens with one attached hydrogen (secondary N) is 1. The molecule has 2 saturated heterocycles. The average molecular weight is 241 g/mol. The Morgan fingerprint density at radius 2 is 2.00 bits per heavy atom. The predicted octanol–water partition coefficient (Wildman–Crippen LogP) is -0.759. The zero-order chi connectivity index (χ0) is 12.6. The van der Waals surface area contributed by atoms with E-state index >= 15 is 0 Å². The van der Waals surface area contributed by atoms with E-state index in [1.54, 1.807) is 13.8 Å². The van der Waals surface area contributed by atoms with E-state index < -0.39 is 5.54 Å². The summed E-state index contributed by atoms with van der Waals surface area (Å²) in [5.74, 6) is 0.191. The molecule has 0 atom stereocenters. The number of hydrogen-bond acceptors (Lipinski definition) is 4. The number of imide groups is 1. The van der Waals surface area contributed by atoms with Crippen LogP contribution >= 0.6 is 0 Å². The Kier molecular flexibility index (Phi) is 3.09. The van der Waals surface area contributed by atoms with Crippen molar-refractivity contribution in [2.75, 3.05) is 32.8 Å². The van der Waals surface area contributed by atoms with Gasteiger partial charge in [0, 0.05) is 38.7 Å². The average Bonchev–Trinajstić information content (AvgIpc) is 2.37. The number of hydrogen-bond donors (Lipinski definition) is 2. The predicted molar refractivity (Wildman–Crippen MR) is 61.3 cm³/mol. The van der Waals surface area contributed by atoms with Crippen LogP contribution in [0.4, 0.5) is 4.79 Å². The molecule has 2 aliphatic heterocycles. The van der Waals surface area contributed by atoms with Crippen molar-refractivity contribution in [3.8, 4) is 0 Å². The van der Waals surface area contributed by atoms with Crippen molar-refractivity contribution >= 4 is 11.9 Å². The molecule has 2 aliphatic rings. The number of aliphatic hydroxyl groups excluding tert-OH is 1. The van der Waals surface area contributed by atoms with Gasteiger partial charge in [0.2, 0.25) is 0 Å². The minimum Gasteiger partial charge on any atom is -0.396 e. The van der Waals surface area contributed by atoms with Crippen LogP contribution in [0.15, 0.2) is 0 Å².